The van der Waals surface area contributed by atoms with Crippen molar-refractivity contribution >= 4 is 12.0 Å². The van der Waals surface area contributed by atoms with Gasteiger partial charge in [0.2, 0.25) is 0 Å². The van der Waals surface area contributed by atoms with Crippen molar-refractivity contribution in [2.24, 2.45) is 0 Å². The minimum atomic E-state index is -0.965. The quantitative estimate of drug-likeness (QED) is 0.817. The Labute approximate surface area is 102 Å². The van der Waals surface area contributed by atoms with E-state index >= 15 is 0 Å². The number of methoxy groups -OCH3 is 1. The van der Waals surface area contributed by atoms with Crippen molar-refractivity contribution in [2.45, 2.75) is 26.2 Å². The standard InChI is InChI=1S/C14H18O3/c1-14(2,3)11-6-7-12(17-4)10(9-11)5-8-13(15)16/h5-9H,1-4H3,(H,15,16). The number of benzene rings is 1. The van der Waals surface area contributed by atoms with Crippen molar-refractivity contribution in [3.8, 4) is 5.75 Å². The molecule has 0 radical (unpaired) electrons. The van der Waals surface area contributed by atoms with E-state index in [-0.39, 0.29) is 5.41 Å². The molecule has 92 valence electrons. The molecule has 1 N–H and O–H groups in total. The van der Waals surface area contributed by atoms with Crippen LogP contribution >= 0.6 is 0 Å². The minimum Gasteiger partial charge on any atom is -0.496 e. The summed E-state index contributed by atoms with van der Waals surface area (Å²) < 4.78 is 5.20. The van der Waals surface area contributed by atoms with E-state index < -0.39 is 5.97 Å². The molecule has 0 saturated carbocycles. The number of carboxylic acid groups (broad SMARTS) is 1. The normalized spacial score (nSPS) is 11.8. The first-order chi connectivity index (χ1) is 7.84. The maximum Gasteiger partial charge on any atom is 0.328 e. The predicted octanol–water partition coefficient (Wildman–Crippen LogP) is 3.09. The molecule has 0 atom stereocenters. The summed E-state index contributed by atoms with van der Waals surface area (Å²) in [6, 6.07) is 5.82. The zero-order chi connectivity index (χ0) is 13.1. The Morgan fingerprint density at radius 3 is 2.47 bits per heavy atom. The summed E-state index contributed by atoms with van der Waals surface area (Å²) in [7, 11) is 1.57. The summed E-state index contributed by atoms with van der Waals surface area (Å²) in [5.41, 5.74) is 1.95. The van der Waals surface area contributed by atoms with E-state index in [2.05, 4.69) is 20.8 Å². The van der Waals surface area contributed by atoms with Crippen LogP contribution in [0.1, 0.15) is 31.9 Å². The van der Waals surface area contributed by atoms with E-state index in [1.54, 1.807) is 13.2 Å². The van der Waals surface area contributed by atoms with Crippen molar-refractivity contribution in [3.05, 3.63) is 35.4 Å². The molecule has 0 saturated heterocycles. The van der Waals surface area contributed by atoms with E-state index in [4.69, 9.17) is 9.84 Å². The highest BCUT2D eigenvalue weighted by Crippen LogP contribution is 2.28. The summed E-state index contributed by atoms with van der Waals surface area (Å²) in [6.07, 6.45) is 2.67. The van der Waals surface area contributed by atoms with Crippen LogP contribution in [0.4, 0.5) is 0 Å². The van der Waals surface area contributed by atoms with Gasteiger partial charge < -0.3 is 9.84 Å². The van der Waals surface area contributed by atoms with Crippen molar-refractivity contribution in [2.75, 3.05) is 7.11 Å². The maximum absolute atomic E-state index is 10.5. The fraction of sp³-hybridized carbons (Fsp3) is 0.357. The molecule has 0 amide bonds. The van der Waals surface area contributed by atoms with Crippen LogP contribution in [-0.2, 0) is 10.2 Å². The number of hydrogen-bond donors (Lipinski definition) is 1. The van der Waals surface area contributed by atoms with Crippen molar-refractivity contribution in [3.63, 3.8) is 0 Å². The molecule has 1 aromatic carbocycles. The molecular formula is C14H18O3. The predicted molar refractivity (Wildman–Crippen MR) is 68.4 cm³/mol. The molecule has 1 rings (SSSR count). The lowest BCUT2D eigenvalue weighted by molar-refractivity contribution is -0.131. The molecule has 0 fully saturated rings. The van der Waals surface area contributed by atoms with Crippen LogP contribution in [-0.4, -0.2) is 18.2 Å². The Bertz CT molecular complexity index is 439. The van der Waals surface area contributed by atoms with Crippen molar-refractivity contribution in [1.82, 2.24) is 0 Å². The van der Waals surface area contributed by atoms with Crippen LogP contribution in [0.3, 0.4) is 0 Å². The average molecular weight is 234 g/mol. The van der Waals surface area contributed by atoms with Crippen LogP contribution in [0.5, 0.6) is 5.75 Å². The van der Waals surface area contributed by atoms with Gasteiger partial charge in [-0.3, -0.25) is 0 Å². The molecule has 0 heterocycles. The maximum atomic E-state index is 10.5. The van der Waals surface area contributed by atoms with Gasteiger partial charge in [-0.15, -0.1) is 0 Å². The van der Waals surface area contributed by atoms with E-state index in [1.807, 2.05) is 18.2 Å². The van der Waals surface area contributed by atoms with Gasteiger partial charge in [0.25, 0.3) is 0 Å². The first kappa shape index (κ1) is 13.3. The number of rotatable bonds is 3. The number of carbonyl (C=O) groups is 1. The molecule has 0 bridgehead atoms. The Hall–Kier alpha value is -1.77. The summed E-state index contributed by atoms with van der Waals surface area (Å²) in [6.45, 7) is 6.33. The van der Waals surface area contributed by atoms with E-state index in [9.17, 15) is 4.79 Å². The van der Waals surface area contributed by atoms with E-state index in [0.717, 1.165) is 17.2 Å². The van der Waals surface area contributed by atoms with E-state index in [0.29, 0.717) is 5.75 Å². The van der Waals surface area contributed by atoms with Gasteiger partial charge in [0.1, 0.15) is 5.75 Å². The lowest BCUT2D eigenvalue weighted by atomic mass is 9.86. The smallest absolute Gasteiger partial charge is 0.328 e. The highest BCUT2D eigenvalue weighted by atomic mass is 16.5. The zero-order valence-electron chi connectivity index (χ0n) is 10.7. The van der Waals surface area contributed by atoms with Crippen LogP contribution < -0.4 is 4.74 Å². The van der Waals surface area contributed by atoms with E-state index in [1.165, 1.54) is 0 Å². The Balaban J connectivity index is 3.20. The van der Waals surface area contributed by atoms with Gasteiger partial charge >= 0.3 is 5.97 Å². The summed E-state index contributed by atoms with van der Waals surface area (Å²) in [4.78, 5) is 10.5. The van der Waals surface area contributed by atoms with Crippen LogP contribution in [0.2, 0.25) is 0 Å². The van der Waals surface area contributed by atoms with Crippen LogP contribution in [0.15, 0.2) is 24.3 Å². The van der Waals surface area contributed by atoms with Gasteiger partial charge in [0.05, 0.1) is 7.11 Å². The molecular weight excluding hydrogens is 216 g/mol. The third-order valence-corrected chi connectivity index (χ3v) is 2.50. The molecule has 0 aliphatic rings. The zero-order valence-corrected chi connectivity index (χ0v) is 10.7. The minimum absolute atomic E-state index is 0.0259. The SMILES string of the molecule is COc1ccc(C(C)(C)C)cc1C=CC(=O)O. The molecule has 0 aliphatic carbocycles. The second kappa shape index (κ2) is 5.04. The topological polar surface area (TPSA) is 46.5 Å². The van der Waals surface area contributed by atoms with Gasteiger partial charge in [-0.25, -0.2) is 4.79 Å². The Morgan fingerprint density at radius 2 is 2.00 bits per heavy atom. The number of carboxylic acids is 1. The third kappa shape index (κ3) is 3.63. The molecule has 0 aliphatic heterocycles. The van der Waals surface area contributed by atoms with Crippen molar-refractivity contribution < 1.29 is 14.6 Å². The summed E-state index contributed by atoms with van der Waals surface area (Å²) >= 11 is 0. The van der Waals surface area contributed by atoms with Crippen molar-refractivity contribution in [1.29, 1.82) is 0 Å². The van der Waals surface area contributed by atoms with Crippen LogP contribution in [0, 0.1) is 0 Å². The number of ether oxygens (including phenoxy) is 1. The van der Waals surface area contributed by atoms with Gasteiger partial charge in [0.15, 0.2) is 0 Å². The Morgan fingerprint density at radius 1 is 1.35 bits per heavy atom. The Kier molecular flexibility index (Phi) is 3.94. The molecule has 0 spiro atoms. The molecule has 0 aromatic heterocycles. The van der Waals surface area contributed by atoms with Gasteiger partial charge in [-0.1, -0.05) is 26.8 Å². The average Bonchev–Trinajstić information content (AvgIpc) is 2.24. The summed E-state index contributed by atoms with van der Waals surface area (Å²) in [5.74, 6) is -0.288. The lowest BCUT2D eigenvalue weighted by Crippen LogP contribution is -2.11. The second-order valence-electron chi connectivity index (χ2n) is 4.88. The molecule has 3 nitrogen and oxygen atoms in total. The lowest BCUT2D eigenvalue weighted by Gasteiger charge is -2.20. The highest BCUT2D eigenvalue weighted by molar-refractivity contribution is 5.86. The fourth-order valence-corrected chi connectivity index (χ4v) is 1.49. The van der Waals surface area contributed by atoms with Crippen LogP contribution in [0.25, 0.3) is 6.08 Å². The molecule has 1 aromatic rings. The first-order valence-electron chi connectivity index (χ1n) is 5.44. The number of hydrogen-bond acceptors (Lipinski definition) is 2. The fourth-order valence-electron chi connectivity index (χ4n) is 1.49. The monoisotopic (exact) mass is 234 g/mol. The molecule has 17 heavy (non-hydrogen) atoms. The first-order valence-corrected chi connectivity index (χ1v) is 5.44. The van der Waals surface area contributed by atoms with Gasteiger partial charge in [-0.05, 0) is 29.2 Å². The van der Waals surface area contributed by atoms with Gasteiger partial charge in [0, 0.05) is 11.6 Å². The third-order valence-electron chi connectivity index (χ3n) is 2.50. The highest BCUT2D eigenvalue weighted by Gasteiger charge is 2.15. The summed E-state index contributed by atoms with van der Waals surface area (Å²) in [5, 5.41) is 8.64. The van der Waals surface area contributed by atoms with Gasteiger partial charge in [-0.2, -0.15) is 0 Å². The molecule has 3 heteroatoms. The molecule has 0 unspecified atom stereocenters. The second-order valence-corrected chi connectivity index (χ2v) is 4.88. The largest absolute Gasteiger partial charge is 0.496 e. The number of aliphatic carboxylic acids is 1.